The van der Waals surface area contributed by atoms with E-state index < -0.39 is 11.9 Å². The maximum absolute atomic E-state index is 12.3. The summed E-state index contributed by atoms with van der Waals surface area (Å²) < 4.78 is 2.53. The van der Waals surface area contributed by atoms with E-state index in [0.717, 1.165) is 4.47 Å². The largest absolute Gasteiger partial charge is 0.478 e. The van der Waals surface area contributed by atoms with Crippen LogP contribution in [-0.2, 0) is 6.54 Å². The second-order valence-electron chi connectivity index (χ2n) is 4.25. The number of hydrogen-bond acceptors (Lipinski definition) is 2. The van der Waals surface area contributed by atoms with Crippen LogP contribution in [0.4, 0.5) is 5.69 Å². The van der Waals surface area contributed by atoms with Gasteiger partial charge >= 0.3 is 5.97 Å². The Morgan fingerprint density at radius 2 is 2.14 bits per heavy atom. The molecule has 0 saturated heterocycles. The van der Waals surface area contributed by atoms with Crippen molar-refractivity contribution in [3.63, 3.8) is 0 Å². The molecule has 5 nitrogen and oxygen atoms in total. The minimum atomic E-state index is -1.19. The fourth-order valence-electron chi connectivity index (χ4n) is 1.96. The Hall–Kier alpha value is -1.79. The van der Waals surface area contributed by atoms with Crippen molar-refractivity contribution in [1.82, 2.24) is 4.57 Å². The summed E-state index contributed by atoms with van der Waals surface area (Å²) in [6.45, 7) is 2.53. The number of nitrogens with zero attached hydrogens (tertiary/aromatic N) is 1. The minimum absolute atomic E-state index is 0.0763. The molecule has 0 radical (unpaired) electrons. The first-order valence-corrected chi connectivity index (χ1v) is 7.30. The molecular formula is C14H12BrClN2O3. The zero-order valence-corrected chi connectivity index (χ0v) is 13.4. The monoisotopic (exact) mass is 370 g/mol. The van der Waals surface area contributed by atoms with E-state index >= 15 is 0 Å². The predicted molar refractivity (Wildman–Crippen MR) is 84.2 cm³/mol. The molecular weight excluding hydrogens is 360 g/mol. The molecule has 1 heterocycles. The van der Waals surface area contributed by atoms with Crippen LogP contribution in [-0.4, -0.2) is 21.6 Å². The molecule has 0 atom stereocenters. The molecule has 0 aliphatic carbocycles. The molecule has 21 heavy (non-hydrogen) atoms. The van der Waals surface area contributed by atoms with Crippen LogP contribution in [0.25, 0.3) is 0 Å². The summed E-state index contributed by atoms with van der Waals surface area (Å²) in [5, 5.41) is 11.9. The maximum Gasteiger partial charge on any atom is 0.339 e. The van der Waals surface area contributed by atoms with Crippen LogP contribution in [0.5, 0.6) is 0 Å². The van der Waals surface area contributed by atoms with Gasteiger partial charge < -0.3 is 15.0 Å². The molecule has 0 aliphatic rings. The summed E-state index contributed by atoms with van der Waals surface area (Å²) >= 11 is 9.18. The average molecular weight is 372 g/mol. The summed E-state index contributed by atoms with van der Waals surface area (Å²) in [5.41, 5.74) is 0.474. The van der Waals surface area contributed by atoms with Crippen molar-refractivity contribution in [2.75, 3.05) is 5.32 Å². The second-order valence-corrected chi connectivity index (χ2v) is 5.57. The summed E-state index contributed by atoms with van der Waals surface area (Å²) in [6.07, 6.45) is 1.78. The van der Waals surface area contributed by atoms with Crippen LogP contribution in [0.15, 0.2) is 34.9 Å². The third kappa shape index (κ3) is 3.28. The lowest BCUT2D eigenvalue weighted by Crippen LogP contribution is -2.18. The Morgan fingerprint density at radius 3 is 2.76 bits per heavy atom. The molecule has 0 fully saturated rings. The Morgan fingerprint density at radius 1 is 1.43 bits per heavy atom. The molecule has 2 N–H and O–H groups in total. The predicted octanol–water partition coefficient (Wildman–Crippen LogP) is 3.87. The van der Waals surface area contributed by atoms with Crippen molar-refractivity contribution < 1.29 is 14.7 Å². The molecule has 0 aliphatic heterocycles. The Labute approximate surface area is 134 Å². The van der Waals surface area contributed by atoms with Crippen molar-refractivity contribution in [2.45, 2.75) is 13.5 Å². The van der Waals surface area contributed by atoms with Gasteiger partial charge in [-0.3, -0.25) is 4.79 Å². The number of carboxylic acid groups (broad SMARTS) is 1. The van der Waals surface area contributed by atoms with Crippen LogP contribution < -0.4 is 5.32 Å². The van der Waals surface area contributed by atoms with E-state index in [9.17, 15) is 14.7 Å². The third-order valence-corrected chi connectivity index (χ3v) is 3.66. The number of amides is 1. The molecule has 0 saturated carbocycles. The van der Waals surface area contributed by atoms with Gasteiger partial charge in [-0.2, -0.15) is 0 Å². The fourth-order valence-corrected chi connectivity index (χ4v) is 2.68. The van der Waals surface area contributed by atoms with Gasteiger partial charge in [0.05, 0.1) is 10.7 Å². The van der Waals surface area contributed by atoms with E-state index in [2.05, 4.69) is 21.2 Å². The number of carboxylic acids is 1. The van der Waals surface area contributed by atoms with E-state index in [-0.39, 0.29) is 16.3 Å². The number of aromatic nitrogens is 1. The van der Waals surface area contributed by atoms with E-state index in [0.29, 0.717) is 12.2 Å². The number of rotatable bonds is 4. The number of halogens is 2. The van der Waals surface area contributed by atoms with Gasteiger partial charge in [0.1, 0.15) is 11.3 Å². The van der Waals surface area contributed by atoms with Crippen molar-refractivity contribution in [3.8, 4) is 0 Å². The highest BCUT2D eigenvalue weighted by molar-refractivity contribution is 9.10. The number of anilines is 1. The van der Waals surface area contributed by atoms with Gasteiger partial charge in [-0.1, -0.05) is 17.7 Å². The normalized spacial score (nSPS) is 10.4. The van der Waals surface area contributed by atoms with Crippen molar-refractivity contribution >= 4 is 45.1 Å². The molecule has 1 aromatic carbocycles. The second kappa shape index (κ2) is 6.32. The summed E-state index contributed by atoms with van der Waals surface area (Å²) in [6, 6.07) is 6.22. The highest BCUT2D eigenvalue weighted by atomic mass is 79.9. The zero-order chi connectivity index (χ0) is 15.6. The highest BCUT2D eigenvalue weighted by Crippen LogP contribution is 2.25. The number of benzene rings is 1. The number of hydrogen-bond donors (Lipinski definition) is 2. The van der Waals surface area contributed by atoms with Crippen molar-refractivity contribution in [1.29, 1.82) is 0 Å². The third-order valence-electron chi connectivity index (χ3n) is 2.91. The summed E-state index contributed by atoms with van der Waals surface area (Å²) in [7, 11) is 0. The van der Waals surface area contributed by atoms with Gasteiger partial charge in [-0.15, -0.1) is 0 Å². The van der Waals surface area contributed by atoms with Crippen molar-refractivity contribution in [3.05, 3.63) is 51.2 Å². The van der Waals surface area contributed by atoms with Gasteiger partial charge in [0.2, 0.25) is 0 Å². The lowest BCUT2D eigenvalue weighted by molar-refractivity contribution is 0.0698. The molecule has 1 amide bonds. The summed E-state index contributed by atoms with van der Waals surface area (Å²) in [4.78, 5) is 23.5. The molecule has 0 unspecified atom stereocenters. The van der Waals surface area contributed by atoms with E-state index in [1.165, 1.54) is 12.1 Å². The van der Waals surface area contributed by atoms with Crippen LogP contribution in [0, 0.1) is 0 Å². The van der Waals surface area contributed by atoms with Gasteiger partial charge in [0.25, 0.3) is 5.91 Å². The van der Waals surface area contributed by atoms with Crippen LogP contribution in [0.1, 0.15) is 27.8 Å². The fraction of sp³-hybridized carbons (Fsp3) is 0.143. The smallest absolute Gasteiger partial charge is 0.339 e. The molecule has 2 rings (SSSR count). The van der Waals surface area contributed by atoms with Crippen LogP contribution in [0.2, 0.25) is 5.02 Å². The van der Waals surface area contributed by atoms with Gasteiger partial charge in [-0.25, -0.2) is 4.79 Å². The number of aryl methyl sites for hydroxylation is 1. The molecule has 7 heteroatoms. The number of aromatic carboxylic acids is 1. The molecule has 2 aromatic rings. The van der Waals surface area contributed by atoms with E-state index in [1.54, 1.807) is 22.9 Å². The van der Waals surface area contributed by atoms with Crippen molar-refractivity contribution in [2.24, 2.45) is 0 Å². The standard InChI is InChI=1S/C14H12BrClN2O3/c1-2-18-7-8(15)6-11(18)13(19)17-10-5-3-4-9(16)12(10)14(20)21/h3-7H,2H2,1H3,(H,17,19)(H,20,21). The number of nitrogens with one attached hydrogen (secondary N) is 1. The molecule has 1 aromatic heterocycles. The SMILES string of the molecule is CCn1cc(Br)cc1C(=O)Nc1cccc(Cl)c1C(=O)O. The molecule has 0 spiro atoms. The summed E-state index contributed by atoms with van der Waals surface area (Å²) in [5.74, 6) is -1.59. The van der Waals surface area contributed by atoms with Gasteiger partial charge in [0, 0.05) is 17.2 Å². The lowest BCUT2D eigenvalue weighted by atomic mass is 10.1. The molecule has 0 bridgehead atoms. The first kappa shape index (κ1) is 15.6. The highest BCUT2D eigenvalue weighted by Gasteiger charge is 2.18. The van der Waals surface area contributed by atoms with E-state index in [4.69, 9.17) is 11.6 Å². The number of carbonyl (C=O) groups excluding carboxylic acids is 1. The maximum atomic E-state index is 12.3. The topological polar surface area (TPSA) is 71.3 Å². The Balaban J connectivity index is 2.36. The zero-order valence-electron chi connectivity index (χ0n) is 11.1. The Bertz CT molecular complexity index is 712. The minimum Gasteiger partial charge on any atom is -0.478 e. The lowest BCUT2D eigenvalue weighted by Gasteiger charge is -2.11. The number of carbonyl (C=O) groups is 2. The first-order valence-electron chi connectivity index (χ1n) is 6.13. The van der Waals surface area contributed by atoms with Crippen LogP contribution >= 0.6 is 27.5 Å². The van der Waals surface area contributed by atoms with Crippen LogP contribution in [0.3, 0.4) is 0 Å². The van der Waals surface area contributed by atoms with Gasteiger partial charge in [0.15, 0.2) is 0 Å². The Kier molecular flexibility index (Phi) is 4.69. The average Bonchev–Trinajstić information content (AvgIpc) is 2.79. The van der Waals surface area contributed by atoms with Gasteiger partial charge in [-0.05, 0) is 41.1 Å². The van der Waals surface area contributed by atoms with E-state index in [1.807, 2.05) is 6.92 Å². The quantitative estimate of drug-likeness (QED) is 0.857. The molecule has 110 valence electrons. The first-order chi connectivity index (χ1) is 9.93.